The fourth-order valence-corrected chi connectivity index (χ4v) is 2.57. The molecule has 0 saturated carbocycles. The molecule has 23 heavy (non-hydrogen) atoms. The van der Waals surface area contributed by atoms with Gasteiger partial charge in [-0.25, -0.2) is 4.79 Å². The minimum absolute atomic E-state index is 0.0365. The Bertz CT molecular complexity index is 764. The first-order valence-electron chi connectivity index (χ1n) is 6.95. The molecule has 2 rings (SSSR count). The number of aliphatic hydroxyl groups excluding tert-OH is 1. The van der Waals surface area contributed by atoms with Crippen molar-refractivity contribution >= 4 is 5.97 Å². The second-order valence-corrected chi connectivity index (χ2v) is 5.54. The first-order chi connectivity index (χ1) is 10.7. The van der Waals surface area contributed by atoms with E-state index in [4.69, 9.17) is 5.11 Å². The number of hydrogen-bond donors (Lipinski definition) is 5. The number of carboxylic acid groups (broad SMARTS) is 1. The molecule has 2 aromatic carbocycles. The predicted molar refractivity (Wildman–Crippen MR) is 82.6 cm³/mol. The molecule has 6 nitrogen and oxygen atoms in total. The third-order valence-corrected chi connectivity index (χ3v) is 3.59. The molecular weight excluding hydrogens is 300 g/mol. The van der Waals surface area contributed by atoms with Gasteiger partial charge in [0.05, 0.1) is 0 Å². The first kappa shape index (κ1) is 16.8. The molecule has 0 bridgehead atoms. The highest BCUT2D eigenvalue weighted by atomic mass is 16.5. The first-order valence-corrected chi connectivity index (χ1v) is 6.95. The van der Waals surface area contributed by atoms with Crippen molar-refractivity contribution < 1.29 is 30.3 Å². The molecule has 6 heteroatoms. The summed E-state index contributed by atoms with van der Waals surface area (Å²) in [6.45, 7) is 3.43. The summed E-state index contributed by atoms with van der Waals surface area (Å²) < 4.78 is 0. The number of carbonyl (C=O) groups is 1. The highest BCUT2D eigenvalue weighted by molar-refractivity contribution is 5.91. The van der Waals surface area contributed by atoms with Gasteiger partial charge < -0.3 is 25.5 Å². The van der Waals surface area contributed by atoms with Crippen LogP contribution in [0.1, 0.15) is 44.5 Å². The molecule has 0 aliphatic heterocycles. The van der Waals surface area contributed by atoms with Gasteiger partial charge in [0.25, 0.3) is 0 Å². The maximum atomic E-state index is 11.2. The van der Waals surface area contributed by atoms with Crippen LogP contribution in [0.15, 0.2) is 24.3 Å². The van der Waals surface area contributed by atoms with Crippen molar-refractivity contribution in [2.45, 2.75) is 26.6 Å². The average molecular weight is 318 g/mol. The monoisotopic (exact) mass is 318 g/mol. The smallest absolute Gasteiger partial charge is 0.339 e. The van der Waals surface area contributed by atoms with Gasteiger partial charge in [-0.3, -0.25) is 0 Å². The fourth-order valence-electron chi connectivity index (χ4n) is 2.57. The van der Waals surface area contributed by atoms with Gasteiger partial charge >= 0.3 is 5.97 Å². The molecule has 0 atom stereocenters. The number of aryl methyl sites for hydroxylation is 2. The highest BCUT2D eigenvalue weighted by Gasteiger charge is 2.18. The van der Waals surface area contributed by atoms with Crippen LogP contribution in [0.5, 0.6) is 11.5 Å². The van der Waals surface area contributed by atoms with E-state index in [0.717, 1.165) is 0 Å². The van der Waals surface area contributed by atoms with Gasteiger partial charge in [0.15, 0.2) is 6.29 Å². The molecule has 0 aliphatic carbocycles. The second kappa shape index (κ2) is 6.28. The second-order valence-electron chi connectivity index (χ2n) is 5.54. The van der Waals surface area contributed by atoms with Crippen molar-refractivity contribution in [3.8, 4) is 11.5 Å². The van der Waals surface area contributed by atoms with E-state index in [-0.39, 0.29) is 29.0 Å². The molecule has 0 fully saturated rings. The Morgan fingerprint density at radius 1 is 0.957 bits per heavy atom. The zero-order valence-corrected chi connectivity index (χ0v) is 12.7. The third kappa shape index (κ3) is 3.44. The van der Waals surface area contributed by atoms with E-state index in [2.05, 4.69) is 0 Å². The third-order valence-electron chi connectivity index (χ3n) is 3.59. The Morgan fingerprint density at radius 2 is 1.48 bits per heavy atom. The number of benzene rings is 2. The Hall–Kier alpha value is -2.57. The van der Waals surface area contributed by atoms with E-state index in [1.54, 1.807) is 26.0 Å². The number of carboxylic acids is 1. The quantitative estimate of drug-likeness (QED) is 0.550. The summed E-state index contributed by atoms with van der Waals surface area (Å²) in [6, 6.07) is 6.07. The molecule has 0 heterocycles. The normalized spacial score (nSPS) is 11.0. The number of hydrogen-bond acceptors (Lipinski definition) is 5. The van der Waals surface area contributed by atoms with Crippen molar-refractivity contribution in [2.75, 3.05) is 0 Å². The molecule has 0 aromatic heterocycles. The zero-order chi connectivity index (χ0) is 17.3. The predicted octanol–water partition coefficient (Wildman–Crippen LogP) is 1.99. The van der Waals surface area contributed by atoms with Crippen molar-refractivity contribution in [2.24, 2.45) is 0 Å². The molecule has 0 unspecified atom stereocenters. The van der Waals surface area contributed by atoms with Gasteiger partial charge in [-0.1, -0.05) is 17.7 Å². The molecule has 0 aliphatic rings. The Kier molecular flexibility index (Phi) is 4.58. The largest absolute Gasteiger partial charge is 0.507 e. The van der Waals surface area contributed by atoms with Crippen LogP contribution in [0, 0.1) is 13.8 Å². The van der Waals surface area contributed by atoms with Crippen LogP contribution in [0.3, 0.4) is 0 Å². The zero-order valence-electron chi connectivity index (χ0n) is 12.7. The Balaban J connectivity index is 2.54. The average Bonchev–Trinajstić information content (AvgIpc) is 2.45. The number of rotatable bonds is 4. The van der Waals surface area contributed by atoms with E-state index in [1.165, 1.54) is 12.1 Å². The van der Waals surface area contributed by atoms with Crippen LogP contribution in [-0.2, 0) is 6.42 Å². The molecule has 5 N–H and O–H groups in total. The van der Waals surface area contributed by atoms with Crippen LogP contribution in [-0.4, -0.2) is 31.5 Å². The number of aliphatic hydroxyl groups is 2. The van der Waals surface area contributed by atoms with Gasteiger partial charge in [0.1, 0.15) is 17.1 Å². The molecular formula is C17H18O6. The lowest BCUT2D eigenvalue weighted by atomic mass is 9.95. The SMILES string of the molecule is Cc1cc(Cc2cc(C)cc(C(O)O)c2O)c(O)c(C(=O)O)c1. The Labute approximate surface area is 132 Å². The maximum absolute atomic E-state index is 11.2. The van der Waals surface area contributed by atoms with E-state index >= 15 is 0 Å². The van der Waals surface area contributed by atoms with Gasteiger partial charge in [0, 0.05) is 12.0 Å². The lowest BCUT2D eigenvalue weighted by Gasteiger charge is -2.14. The van der Waals surface area contributed by atoms with E-state index in [9.17, 15) is 25.2 Å². The van der Waals surface area contributed by atoms with Crippen LogP contribution in [0.25, 0.3) is 0 Å². The summed E-state index contributed by atoms with van der Waals surface area (Å²) in [5.74, 6) is -1.90. The summed E-state index contributed by atoms with van der Waals surface area (Å²) in [4.78, 5) is 11.2. The number of phenolic OH excluding ortho intramolecular Hbond substituents is 1. The van der Waals surface area contributed by atoms with Gasteiger partial charge in [0.2, 0.25) is 0 Å². The van der Waals surface area contributed by atoms with Crippen LogP contribution >= 0.6 is 0 Å². The van der Waals surface area contributed by atoms with Gasteiger partial charge in [-0.15, -0.1) is 0 Å². The highest BCUT2D eigenvalue weighted by Crippen LogP contribution is 2.33. The van der Waals surface area contributed by atoms with Crippen molar-refractivity contribution in [3.63, 3.8) is 0 Å². The van der Waals surface area contributed by atoms with Crippen LogP contribution in [0.2, 0.25) is 0 Å². The van der Waals surface area contributed by atoms with Crippen LogP contribution in [0.4, 0.5) is 0 Å². The van der Waals surface area contributed by atoms with Crippen molar-refractivity contribution in [1.29, 1.82) is 0 Å². The number of aromatic carboxylic acids is 1. The number of aromatic hydroxyl groups is 2. The molecule has 0 spiro atoms. The molecule has 2 aromatic rings. The minimum Gasteiger partial charge on any atom is -0.507 e. The number of phenols is 2. The van der Waals surface area contributed by atoms with Gasteiger partial charge in [-0.2, -0.15) is 0 Å². The minimum atomic E-state index is -1.82. The summed E-state index contributed by atoms with van der Waals surface area (Å²) in [7, 11) is 0. The Morgan fingerprint density at radius 3 is 2.00 bits per heavy atom. The van der Waals surface area contributed by atoms with E-state index in [0.29, 0.717) is 22.3 Å². The fraction of sp³-hybridized carbons (Fsp3) is 0.235. The summed E-state index contributed by atoms with van der Waals surface area (Å²) >= 11 is 0. The van der Waals surface area contributed by atoms with Crippen molar-refractivity contribution in [3.05, 3.63) is 57.6 Å². The molecule has 0 amide bonds. The summed E-state index contributed by atoms with van der Waals surface area (Å²) in [5.41, 5.74) is 1.81. The molecule has 0 radical (unpaired) electrons. The standard InChI is InChI=1S/C17H18O6/c1-8-3-10(14(18)12(5-8)16(20)21)7-11-4-9(2)6-13(15(11)19)17(22)23/h3-6,16,18-21H,7H2,1-2H3,(H,22,23). The summed E-state index contributed by atoms with van der Waals surface area (Å²) in [6.07, 6.45) is -1.77. The van der Waals surface area contributed by atoms with Crippen LogP contribution < -0.4 is 0 Å². The molecule has 0 saturated heterocycles. The van der Waals surface area contributed by atoms with Crippen molar-refractivity contribution in [1.82, 2.24) is 0 Å². The van der Waals surface area contributed by atoms with E-state index < -0.39 is 12.3 Å². The lowest BCUT2D eigenvalue weighted by molar-refractivity contribution is -0.0440. The van der Waals surface area contributed by atoms with Gasteiger partial charge in [-0.05, 0) is 42.7 Å². The van der Waals surface area contributed by atoms with E-state index in [1.807, 2.05) is 0 Å². The topological polar surface area (TPSA) is 118 Å². The lowest BCUT2D eigenvalue weighted by Crippen LogP contribution is -2.03. The molecule has 122 valence electrons. The summed E-state index contributed by atoms with van der Waals surface area (Å²) in [5, 5.41) is 48.0. The maximum Gasteiger partial charge on any atom is 0.339 e.